The van der Waals surface area contributed by atoms with Crippen LogP contribution in [-0.4, -0.2) is 26.7 Å². The predicted molar refractivity (Wildman–Crippen MR) is 126 cm³/mol. The van der Waals surface area contributed by atoms with Crippen LogP contribution in [0.2, 0.25) is 6.04 Å². The molecule has 27 heavy (non-hydrogen) atoms. The van der Waals surface area contributed by atoms with Crippen LogP contribution >= 0.6 is 0 Å². The first-order valence-electron chi connectivity index (χ1n) is 12.3. The van der Waals surface area contributed by atoms with E-state index in [0.717, 1.165) is 0 Å². The first-order valence-corrected chi connectivity index (χ1v) is 14.5. The van der Waals surface area contributed by atoms with Crippen LogP contribution in [0.3, 0.4) is 0 Å². The largest absolute Gasteiger partial charge is 0.311 e. The molecular formula is C23H53N3Si. The van der Waals surface area contributed by atoms with Gasteiger partial charge < -0.3 is 14.9 Å². The van der Waals surface area contributed by atoms with Gasteiger partial charge in [0.15, 0.2) is 0 Å². The molecule has 0 aromatic rings. The molecule has 0 saturated carbocycles. The molecule has 3 atom stereocenters. The lowest BCUT2D eigenvalue weighted by molar-refractivity contribution is 0.484. The number of hydrogen-bond donors (Lipinski definition) is 3. The highest BCUT2D eigenvalue weighted by molar-refractivity contribution is 6.72. The standard InChI is InChI=1S/C23H53N3Si/c1-8-12-15-18-21(5)24-27(11-4,25-22(6)19-16-13-9-2)26-23(7)20-17-14-10-3/h21-26H,8-20H2,1-7H3. The number of hydrogen-bond acceptors (Lipinski definition) is 3. The van der Waals surface area contributed by atoms with Gasteiger partial charge in [-0.15, -0.1) is 0 Å². The maximum absolute atomic E-state index is 4.10. The molecule has 0 aromatic carbocycles. The summed E-state index contributed by atoms with van der Waals surface area (Å²) in [6.07, 6.45) is 15.9. The summed E-state index contributed by atoms with van der Waals surface area (Å²) < 4.78 is 0. The minimum absolute atomic E-state index is 0.592. The highest BCUT2D eigenvalue weighted by atomic mass is 28.4. The van der Waals surface area contributed by atoms with E-state index >= 15 is 0 Å². The third kappa shape index (κ3) is 13.8. The van der Waals surface area contributed by atoms with E-state index in [0.29, 0.717) is 18.1 Å². The summed E-state index contributed by atoms with van der Waals surface area (Å²) in [7, 11) is -1.89. The molecule has 0 heterocycles. The number of unbranched alkanes of at least 4 members (excludes halogenated alkanes) is 6. The molecule has 4 heteroatoms. The lowest BCUT2D eigenvalue weighted by Crippen LogP contribution is -2.76. The minimum Gasteiger partial charge on any atom is -0.311 e. The summed E-state index contributed by atoms with van der Waals surface area (Å²) in [5, 5.41) is 0. The molecule has 0 aliphatic heterocycles. The molecule has 0 fully saturated rings. The lowest BCUT2D eigenvalue weighted by Gasteiger charge is -2.40. The Morgan fingerprint density at radius 3 is 1.04 bits per heavy atom. The van der Waals surface area contributed by atoms with E-state index in [1.807, 2.05) is 0 Å². The van der Waals surface area contributed by atoms with Crippen molar-refractivity contribution in [3.05, 3.63) is 0 Å². The van der Waals surface area contributed by atoms with Crippen LogP contribution < -0.4 is 14.9 Å². The lowest BCUT2D eigenvalue weighted by atomic mass is 10.1. The van der Waals surface area contributed by atoms with Crippen LogP contribution in [0.4, 0.5) is 0 Å². The van der Waals surface area contributed by atoms with E-state index in [9.17, 15) is 0 Å². The number of nitrogens with one attached hydrogen (secondary N) is 3. The van der Waals surface area contributed by atoms with Gasteiger partial charge in [0, 0.05) is 0 Å². The highest BCUT2D eigenvalue weighted by Gasteiger charge is 2.36. The molecule has 0 aliphatic carbocycles. The fourth-order valence-corrected chi connectivity index (χ4v) is 7.83. The minimum atomic E-state index is -1.89. The molecule has 0 saturated heterocycles. The van der Waals surface area contributed by atoms with Crippen LogP contribution in [-0.2, 0) is 0 Å². The average molecular weight is 400 g/mol. The van der Waals surface area contributed by atoms with Crippen molar-refractivity contribution in [2.45, 2.75) is 150 Å². The Morgan fingerprint density at radius 2 is 0.815 bits per heavy atom. The summed E-state index contributed by atoms with van der Waals surface area (Å²) in [5.74, 6) is 0. The van der Waals surface area contributed by atoms with Gasteiger partial charge in [0.2, 0.25) is 0 Å². The summed E-state index contributed by atoms with van der Waals surface area (Å²) in [6.45, 7) is 16.4. The zero-order valence-corrected chi connectivity index (χ0v) is 20.9. The maximum atomic E-state index is 4.10. The Bertz CT molecular complexity index is 279. The van der Waals surface area contributed by atoms with Gasteiger partial charge in [-0.1, -0.05) is 106 Å². The first-order chi connectivity index (χ1) is 12.9. The van der Waals surface area contributed by atoms with Crippen molar-refractivity contribution < 1.29 is 0 Å². The molecule has 3 nitrogen and oxygen atoms in total. The topological polar surface area (TPSA) is 36.1 Å². The Labute approximate surface area is 173 Å². The van der Waals surface area contributed by atoms with E-state index in [1.54, 1.807) is 0 Å². The SMILES string of the molecule is CCCCCC(C)N[Si](CC)(NC(C)CCCCC)NC(C)CCCCC. The van der Waals surface area contributed by atoms with Gasteiger partial charge in [0.25, 0.3) is 8.56 Å². The first kappa shape index (κ1) is 27.1. The van der Waals surface area contributed by atoms with Crippen molar-refractivity contribution in [3.63, 3.8) is 0 Å². The van der Waals surface area contributed by atoms with Gasteiger partial charge in [-0.25, -0.2) is 0 Å². The quantitative estimate of drug-likeness (QED) is 0.169. The fourth-order valence-electron chi connectivity index (χ4n) is 4.01. The van der Waals surface area contributed by atoms with Gasteiger partial charge in [-0.05, 0) is 43.4 Å². The van der Waals surface area contributed by atoms with Crippen molar-refractivity contribution in [1.82, 2.24) is 14.9 Å². The van der Waals surface area contributed by atoms with Gasteiger partial charge in [-0.3, -0.25) is 0 Å². The van der Waals surface area contributed by atoms with Crippen LogP contribution in [0, 0.1) is 0 Å². The summed E-state index contributed by atoms with van der Waals surface area (Å²) in [4.78, 5) is 12.3. The molecule has 0 rings (SSSR count). The van der Waals surface area contributed by atoms with Crippen LogP contribution in [0.5, 0.6) is 0 Å². The third-order valence-electron chi connectivity index (χ3n) is 5.73. The van der Waals surface area contributed by atoms with Crippen molar-refractivity contribution in [2.75, 3.05) is 0 Å². The summed E-state index contributed by atoms with van der Waals surface area (Å²) in [5.41, 5.74) is 0. The van der Waals surface area contributed by atoms with Crippen LogP contribution in [0.1, 0.15) is 126 Å². The van der Waals surface area contributed by atoms with E-state index in [4.69, 9.17) is 0 Å². The van der Waals surface area contributed by atoms with Gasteiger partial charge >= 0.3 is 0 Å². The van der Waals surface area contributed by atoms with Gasteiger partial charge in [-0.2, -0.15) is 0 Å². The maximum Gasteiger partial charge on any atom is 0.281 e. The molecule has 3 unspecified atom stereocenters. The predicted octanol–water partition coefficient (Wildman–Crippen LogP) is 6.62. The van der Waals surface area contributed by atoms with Crippen molar-refractivity contribution >= 4 is 8.56 Å². The zero-order valence-electron chi connectivity index (χ0n) is 19.9. The monoisotopic (exact) mass is 399 g/mol. The molecule has 0 aromatic heterocycles. The summed E-state index contributed by atoms with van der Waals surface area (Å²) >= 11 is 0. The molecule has 3 N–H and O–H groups in total. The Hall–Kier alpha value is 0.0969. The van der Waals surface area contributed by atoms with Gasteiger partial charge in [0.05, 0.1) is 0 Å². The smallest absolute Gasteiger partial charge is 0.281 e. The second-order valence-electron chi connectivity index (χ2n) is 8.88. The third-order valence-corrected chi connectivity index (χ3v) is 9.75. The Kier molecular flexibility index (Phi) is 17.1. The van der Waals surface area contributed by atoms with Gasteiger partial charge in [0.1, 0.15) is 0 Å². The van der Waals surface area contributed by atoms with Crippen molar-refractivity contribution in [1.29, 1.82) is 0 Å². The fraction of sp³-hybridized carbons (Fsp3) is 1.00. The zero-order chi connectivity index (χ0) is 20.5. The molecule has 0 bridgehead atoms. The second kappa shape index (κ2) is 17.0. The van der Waals surface area contributed by atoms with E-state index in [1.165, 1.54) is 83.1 Å². The molecule has 0 amide bonds. The molecule has 0 spiro atoms. The molecular weight excluding hydrogens is 346 g/mol. The second-order valence-corrected chi connectivity index (χ2v) is 12.3. The van der Waals surface area contributed by atoms with Crippen molar-refractivity contribution in [2.24, 2.45) is 0 Å². The number of rotatable bonds is 19. The summed E-state index contributed by atoms with van der Waals surface area (Å²) in [6, 6.07) is 2.97. The highest BCUT2D eigenvalue weighted by Crippen LogP contribution is 2.12. The van der Waals surface area contributed by atoms with E-state index in [2.05, 4.69) is 63.4 Å². The molecule has 164 valence electrons. The Balaban J connectivity index is 4.88. The van der Waals surface area contributed by atoms with E-state index < -0.39 is 8.56 Å². The van der Waals surface area contributed by atoms with Crippen LogP contribution in [0.25, 0.3) is 0 Å². The molecule has 0 radical (unpaired) electrons. The van der Waals surface area contributed by atoms with E-state index in [-0.39, 0.29) is 0 Å². The van der Waals surface area contributed by atoms with Crippen LogP contribution in [0.15, 0.2) is 0 Å². The normalized spacial score (nSPS) is 17.4. The average Bonchev–Trinajstić information content (AvgIpc) is 2.62. The van der Waals surface area contributed by atoms with Crippen molar-refractivity contribution in [3.8, 4) is 0 Å². The molecule has 0 aliphatic rings. The Morgan fingerprint density at radius 1 is 0.519 bits per heavy atom.